The minimum Gasteiger partial charge on any atom is -0.478 e. The first kappa shape index (κ1) is 14.4. The van der Waals surface area contributed by atoms with Crippen molar-refractivity contribution in [2.24, 2.45) is 0 Å². The number of carbonyl (C=O) groups is 1. The van der Waals surface area contributed by atoms with Crippen LogP contribution in [0.1, 0.15) is 11.1 Å². The van der Waals surface area contributed by atoms with Crippen molar-refractivity contribution in [2.75, 3.05) is 0 Å². The summed E-state index contributed by atoms with van der Waals surface area (Å²) in [7, 11) is 0. The maximum Gasteiger partial charge on any atom is 0.345 e. The molecule has 0 unspecified atom stereocenters. The summed E-state index contributed by atoms with van der Waals surface area (Å²) in [5, 5.41) is 9.82. The number of carboxylic acid groups (broad SMARTS) is 1. The Hall–Kier alpha value is -2.00. The number of hydrogen-bond acceptors (Lipinski definition) is 2. The van der Waals surface area contributed by atoms with Crippen LogP contribution in [0.15, 0.2) is 48.5 Å². The summed E-state index contributed by atoms with van der Waals surface area (Å²) < 4.78 is 5.53. The number of carboxylic acids is 1. The van der Waals surface area contributed by atoms with E-state index in [1.54, 1.807) is 24.3 Å². The van der Waals surface area contributed by atoms with E-state index in [2.05, 4.69) is 0 Å². The van der Waals surface area contributed by atoms with Gasteiger partial charge >= 0.3 is 5.97 Å². The van der Waals surface area contributed by atoms with Gasteiger partial charge in [-0.25, -0.2) is 4.79 Å². The van der Waals surface area contributed by atoms with Gasteiger partial charge < -0.3 is 9.84 Å². The van der Waals surface area contributed by atoms with Crippen LogP contribution in [0.25, 0.3) is 0 Å². The Bertz CT molecular complexity index is 593. The molecule has 0 fully saturated rings. The van der Waals surface area contributed by atoms with Gasteiger partial charge in [-0.2, -0.15) is 0 Å². The van der Waals surface area contributed by atoms with E-state index in [1.807, 2.05) is 31.2 Å². The Labute approximate surface area is 122 Å². The average Bonchev–Trinajstić information content (AvgIpc) is 2.42. The minimum atomic E-state index is -1.01. The molecule has 2 aromatic carbocycles. The van der Waals surface area contributed by atoms with Gasteiger partial charge in [-0.05, 0) is 30.7 Å². The molecule has 4 heteroatoms. The largest absolute Gasteiger partial charge is 0.478 e. The normalized spacial score (nSPS) is 11.9. The van der Waals surface area contributed by atoms with Gasteiger partial charge in [0.2, 0.25) is 0 Å². The maximum atomic E-state index is 11.3. The fourth-order valence-corrected chi connectivity index (χ4v) is 2.04. The van der Waals surface area contributed by atoms with Crippen LogP contribution in [0, 0.1) is 6.92 Å². The van der Waals surface area contributed by atoms with Crippen LogP contribution in [0.4, 0.5) is 0 Å². The number of benzene rings is 2. The van der Waals surface area contributed by atoms with Gasteiger partial charge in [0.15, 0.2) is 6.10 Å². The third-order valence-electron chi connectivity index (χ3n) is 2.94. The first-order chi connectivity index (χ1) is 9.56. The molecule has 0 aliphatic carbocycles. The molecule has 2 aromatic rings. The number of ether oxygens (including phenoxy) is 1. The predicted octanol–water partition coefficient (Wildman–Crippen LogP) is 3.72. The Kier molecular flexibility index (Phi) is 4.64. The summed E-state index contributed by atoms with van der Waals surface area (Å²) >= 11 is 6.05. The van der Waals surface area contributed by atoms with Crippen molar-refractivity contribution in [1.82, 2.24) is 0 Å². The molecule has 20 heavy (non-hydrogen) atoms. The smallest absolute Gasteiger partial charge is 0.345 e. The van der Waals surface area contributed by atoms with Crippen molar-refractivity contribution in [3.05, 3.63) is 64.7 Å². The summed E-state index contributed by atoms with van der Waals surface area (Å²) in [6, 6.07) is 14.5. The topological polar surface area (TPSA) is 46.5 Å². The van der Waals surface area contributed by atoms with E-state index in [9.17, 15) is 9.90 Å². The first-order valence-electron chi connectivity index (χ1n) is 6.26. The molecule has 0 aliphatic rings. The van der Waals surface area contributed by atoms with E-state index < -0.39 is 12.1 Å². The van der Waals surface area contributed by atoms with Gasteiger partial charge in [0, 0.05) is 11.4 Å². The second-order valence-corrected chi connectivity index (χ2v) is 4.96. The average molecular weight is 291 g/mol. The third kappa shape index (κ3) is 3.75. The van der Waals surface area contributed by atoms with Gasteiger partial charge in [0.25, 0.3) is 0 Å². The van der Waals surface area contributed by atoms with Crippen molar-refractivity contribution in [1.29, 1.82) is 0 Å². The molecule has 0 spiro atoms. The van der Waals surface area contributed by atoms with Crippen LogP contribution >= 0.6 is 11.6 Å². The molecule has 1 N–H and O–H groups in total. The van der Waals surface area contributed by atoms with Gasteiger partial charge in [0.1, 0.15) is 5.75 Å². The Balaban J connectivity index is 2.14. The highest BCUT2D eigenvalue weighted by molar-refractivity contribution is 6.31. The number of hydrogen-bond donors (Lipinski definition) is 1. The summed E-state index contributed by atoms with van der Waals surface area (Å²) in [6.07, 6.45) is -0.735. The number of rotatable bonds is 5. The van der Waals surface area contributed by atoms with Gasteiger partial charge in [-0.15, -0.1) is 0 Å². The Morgan fingerprint density at radius 2 is 1.85 bits per heavy atom. The van der Waals surface area contributed by atoms with E-state index in [0.29, 0.717) is 10.8 Å². The lowest BCUT2D eigenvalue weighted by molar-refractivity contribution is -0.145. The van der Waals surface area contributed by atoms with Gasteiger partial charge in [0.05, 0.1) is 0 Å². The Morgan fingerprint density at radius 3 is 2.45 bits per heavy atom. The SMILES string of the molecule is Cc1ccc(O[C@@H](Cc2ccccc2Cl)C(=O)O)cc1. The molecule has 0 saturated heterocycles. The minimum absolute atomic E-state index is 0.225. The van der Waals surface area contributed by atoms with E-state index in [-0.39, 0.29) is 6.42 Å². The molecule has 0 heterocycles. The second-order valence-electron chi connectivity index (χ2n) is 4.55. The molecule has 0 amide bonds. The maximum absolute atomic E-state index is 11.3. The van der Waals surface area contributed by atoms with Gasteiger partial charge in [-0.1, -0.05) is 47.5 Å². The molecule has 1 atom stereocenters. The molecule has 104 valence electrons. The number of halogens is 1. The summed E-state index contributed by atoms with van der Waals surface area (Å²) in [4.78, 5) is 11.3. The zero-order chi connectivity index (χ0) is 14.5. The molecule has 0 aromatic heterocycles. The van der Waals surface area contributed by atoms with E-state index in [4.69, 9.17) is 16.3 Å². The molecule has 3 nitrogen and oxygen atoms in total. The summed E-state index contributed by atoms with van der Waals surface area (Å²) in [6.45, 7) is 1.96. The zero-order valence-corrected chi connectivity index (χ0v) is 11.8. The van der Waals surface area contributed by atoms with Crippen molar-refractivity contribution in [3.63, 3.8) is 0 Å². The molecular formula is C16H15ClO3. The first-order valence-corrected chi connectivity index (χ1v) is 6.63. The molecule has 2 rings (SSSR count). The summed E-state index contributed by atoms with van der Waals surface area (Å²) in [5.74, 6) is -0.472. The molecule has 0 bridgehead atoms. The fourth-order valence-electron chi connectivity index (χ4n) is 1.82. The monoisotopic (exact) mass is 290 g/mol. The quantitative estimate of drug-likeness (QED) is 0.913. The molecule has 0 aliphatic heterocycles. The highest BCUT2D eigenvalue weighted by Gasteiger charge is 2.21. The third-order valence-corrected chi connectivity index (χ3v) is 3.31. The van der Waals surface area contributed by atoms with E-state index in [0.717, 1.165) is 11.1 Å². The predicted molar refractivity (Wildman–Crippen MR) is 78.4 cm³/mol. The molecular weight excluding hydrogens is 276 g/mol. The number of aryl methyl sites for hydroxylation is 1. The van der Waals surface area contributed by atoms with Crippen molar-refractivity contribution in [2.45, 2.75) is 19.4 Å². The lowest BCUT2D eigenvalue weighted by Crippen LogP contribution is -2.29. The van der Waals surface area contributed by atoms with Crippen molar-refractivity contribution < 1.29 is 14.6 Å². The lowest BCUT2D eigenvalue weighted by atomic mass is 10.1. The van der Waals surface area contributed by atoms with Crippen LogP contribution in [0.2, 0.25) is 5.02 Å². The molecule has 0 radical (unpaired) electrons. The zero-order valence-electron chi connectivity index (χ0n) is 11.0. The second kappa shape index (κ2) is 6.44. The van der Waals surface area contributed by atoms with E-state index in [1.165, 1.54) is 0 Å². The van der Waals surface area contributed by atoms with Gasteiger partial charge in [-0.3, -0.25) is 0 Å². The van der Waals surface area contributed by atoms with Crippen molar-refractivity contribution in [3.8, 4) is 5.75 Å². The highest BCUT2D eigenvalue weighted by Crippen LogP contribution is 2.20. The number of aliphatic carboxylic acids is 1. The van der Waals surface area contributed by atoms with Crippen LogP contribution in [-0.2, 0) is 11.2 Å². The van der Waals surface area contributed by atoms with E-state index >= 15 is 0 Å². The van der Waals surface area contributed by atoms with Crippen LogP contribution in [-0.4, -0.2) is 17.2 Å². The van der Waals surface area contributed by atoms with Crippen LogP contribution in [0.3, 0.4) is 0 Å². The summed E-state index contributed by atoms with van der Waals surface area (Å²) in [5.41, 5.74) is 1.85. The standard InChI is InChI=1S/C16H15ClO3/c1-11-6-8-13(9-7-11)20-15(16(18)19)10-12-4-2-3-5-14(12)17/h2-9,15H,10H2,1H3,(H,18,19)/t15-/m0/s1. The molecule has 0 saturated carbocycles. The van der Waals surface area contributed by atoms with Crippen molar-refractivity contribution >= 4 is 17.6 Å². The highest BCUT2D eigenvalue weighted by atomic mass is 35.5. The van der Waals surface area contributed by atoms with Crippen LogP contribution in [0.5, 0.6) is 5.75 Å². The Morgan fingerprint density at radius 1 is 1.20 bits per heavy atom. The fraction of sp³-hybridized carbons (Fsp3) is 0.188. The lowest BCUT2D eigenvalue weighted by Gasteiger charge is -2.16. The van der Waals surface area contributed by atoms with Crippen LogP contribution < -0.4 is 4.74 Å².